The fraction of sp³-hybridized carbons (Fsp3) is 0.133. The molecule has 106 valence electrons. The van der Waals surface area contributed by atoms with E-state index in [2.05, 4.69) is 15.4 Å². The molecule has 0 saturated heterocycles. The van der Waals surface area contributed by atoms with E-state index in [1.807, 2.05) is 30.3 Å². The highest BCUT2D eigenvalue weighted by molar-refractivity contribution is 5.53. The fourth-order valence-electron chi connectivity index (χ4n) is 2.09. The fourth-order valence-corrected chi connectivity index (χ4v) is 2.09. The third-order valence-electron chi connectivity index (χ3n) is 3.11. The van der Waals surface area contributed by atoms with E-state index in [-0.39, 0.29) is 5.69 Å². The van der Waals surface area contributed by atoms with Crippen molar-refractivity contribution in [2.45, 2.75) is 13.0 Å². The van der Waals surface area contributed by atoms with Crippen LogP contribution in [0.15, 0.2) is 48.5 Å². The summed E-state index contributed by atoms with van der Waals surface area (Å²) in [5.74, 6) is -0.110. The molecule has 0 aliphatic heterocycles. The van der Waals surface area contributed by atoms with Gasteiger partial charge in [0.15, 0.2) is 5.82 Å². The Morgan fingerprint density at radius 1 is 1.10 bits per heavy atom. The molecule has 21 heavy (non-hydrogen) atoms. The van der Waals surface area contributed by atoms with Gasteiger partial charge in [0.25, 0.3) is 0 Å². The van der Waals surface area contributed by atoms with Gasteiger partial charge in [-0.1, -0.05) is 42.5 Å². The Kier molecular flexibility index (Phi) is 3.45. The number of hydrogen-bond acceptors (Lipinski definition) is 4. The van der Waals surface area contributed by atoms with Gasteiger partial charge in [0.05, 0.1) is 6.10 Å². The van der Waals surface area contributed by atoms with Gasteiger partial charge in [-0.3, -0.25) is 0 Å². The molecule has 0 amide bonds. The summed E-state index contributed by atoms with van der Waals surface area (Å²) in [6, 6.07) is 13.8. The van der Waals surface area contributed by atoms with E-state index in [9.17, 15) is 9.50 Å². The van der Waals surface area contributed by atoms with E-state index >= 15 is 0 Å². The van der Waals surface area contributed by atoms with Crippen LogP contribution in [0.25, 0.3) is 17.1 Å². The van der Waals surface area contributed by atoms with Crippen molar-refractivity contribution in [2.75, 3.05) is 0 Å². The van der Waals surface area contributed by atoms with Crippen LogP contribution in [0, 0.1) is 5.82 Å². The molecule has 0 fully saturated rings. The highest BCUT2D eigenvalue weighted by Crippen LogP contribution is 2.24. The maximum Gasteiger partial charge on any atom is 0.205 e. The van der Waals surface area contributed by atoms with Crippen LogP contribution < -0.4 is 0 Å². The first-order valence-electron chi connectivity index (χ1n) is 6.49. The molecule has 0 unspecified atom stereocenters. The van der Waals surface area contributed by atoms with Gasteiger partial charge in [-0.25, -0.2) is 4.39 Å². The minimum absolute atomic E-state index is 0.113. The van der Waals surface area contributed by atoms with Gasteiger partial charge in [0.1, 0.15) is 5.69 Å². The Balaban J connectivity index is 2.09. The maximum atomic E-state index is 14.1. The van der Waals surface area contributed by atoms with Crippen molar-refractivity contribution in [1.82, 2.24) is 20.2 Å². The summed E-state index contributed by atoms with van der Waals surface area (Å²) < 4.78 is 14.1. The monoisotopic (exact) mass is 284 g/mol. The van der Waals surface area contributed by atoms with E-state index in [0.29, 0.717) is 11.4 Å². The summed E-state index contributed by atoms with van der Waals surface area (Å²) in [4.78, 5) is 1.11. The van der Waals surface area contributed by atoms with Gasteiger partial charge in [-0.05, 0) is 18.2 Å². The molecular formula is C15H13FN4O. The second-order valence-electron chi connectivity index (χ2n) is 4.62. The third kappa shape index (κ3) is 2.53. The summed E-state index contributed by atoms with van der Waals surface area (Å²) in [5.41, 5.74) is 1.31. The number of hydrogen-bond donors (Lipinski definition) is 1. The summed E-state index contributed by atoms with van der Waals surface area (Å²) in [7, 11) is 0. The summed E-state index contributed by atoms with van der Waals surface area (Å²) in [5, 5.41) is 21.8. The zero-order valence-electron chi connectivity index (χ0n) is 11.3. The number of para-hydroxylation sites is 1. The van der Waals surface area contributed by atoms with Gasteiger partial charge >= 0.3 is 0 Å². The number of aliphatic hydroxyl groups is 1. The van der Waals surface area contributed by atoms with Crippen LogP contribution in [-0.4, -0.2) is 25.3 Å². The molecule has 5 nitrogen and oxygen atoms in total. The maximum absolute atomic E-state index is 14.1. The van der Waals surface area contributed by atoms with Crippen molar-refractivity contribution in [3.05, 3.63) is 59.9 Å². The Labute approximate surface area is 120 Å². The number of benzene rings is 2. The zero-order chi connectivity index (χ0) is 14.8. The molecule has 2 aromatic carbocycles. The number of aliphatic hydroxyl groups excluding tert-OH is 1. The molecule has 0 saturated carbocycles. The average molecular weight is 284 g/mol. The quantitative estimate of drug-likeness (QED) is 0.802. The molecule has 3 rings (SSSR count). The van der Waals surface area contributed by atoms with Crippen LogP contribution in [0.1, 0.15) is 18.6 Å². The van der Waals surface area contributed by atoms with Crippen molar-refractivity contribution in [2.24, 2.45) is 0 Å². The van der Waals surface area contributed by atoms with Crippen molar-refractivity contribution >= 4 is 0 Å². The second-order valence-corrected chi connectivity index (χ2v) is 4.62. The zero-order valence-corrected chi connectivity index (χ0v) is 11.3. The molecule has 6 heteroatoms. The standard InChI is InChI=1S/C15H13FN4O/c1-10(21)12-8-5-9-13(16)14(12)20-18-15(17-19-20)11-6-3-2-4-7-11/h2-10,21H,1H3/t10-/m0/s1. The van der Waals surface area contributed by atoms with Gasteiger partial charge in [0.2, 0.25) is 5.82 Å². The van der Waals surface area contributed by atoms with Gasteiger partial charge in [-0.15, -0.1) is 15.0 Å². The molecule has 1 N–H and O–H groups in total. The van der Waals surface area contributed by atoms with Crippen molar-refractivity contribution in [1.29, 1.82) is 0 Å². The largest absolute Gasteiger partial charge is 0.389 e. The Bertz CT molecular complexity index is 755. The van der Waals surface area contributed by atoms with E-state index in [1.54, 1.807) is 13.0 Å². The van der Waals surface area contributed by atoms with Crippen LogP contribution >= 0.6 is 0 Å². The first kappa shape index (κ1) is 13.4. The lowest BCUT2D eigenvalue weighted by Gasteiger charge is -2.10. The van der Waals surface area contributed by atoms with Gasteiger partial charge < -0.3 is 5.11 Å². The topological polar surface area (TPSA) is 63.8 Å². The van der Waals surface area contributed by atoms with Gasteiger partial charge in [-0.2, -0.15) is 0 Å². The first-order valence-corrected chi connectivity index (χ1v) is 6.49. The molecular weight excluding hydrogens is 271 g/mol. The summed E-state index contributed by atoms with van der Waals surface area (Å²) in [6.07, 6.45) is -0.832. The van der Waals surface area contributed by atoms with E-state index in [1.165, 1.54) is 12.1 Å². The average Bonchev–Trinajstić information content (AvgIpc) is 2.97. The molecule has 1 atom stereocenters. The molecule has 0 spiro atoms. The smallest absolute Gasteiger partial charge is 0.205 e. The number of aromatic nitrogens is 4. The lowest BCUT2D eigenvalue weighted by atomic mass is 10.1. The number of rotatable bonds is 3. The normalized spacial score (nSPS) is 12.3. The van der Waals surface area contributed by atoms with Crippen molar-refractivity contribution < 1.29 is 9.50 Å². The van der Waals surface area contributed by atoms with Gasteiger partial charge in [0, 0.05) is 11.1 Å². The Hall–Kier alpha value is -2.60. The van der Waals surface area contributed by atoms with E-state index in [0.717, 1.165) is 10.4 Å². The predicted molar refractivity (Wildman–Crippen MR) is 75.2 cm³/mol. The van der Waals surface area contributed by atoms with Crippen LogP contribution in [0.2, 0.25) is 0 Å². The lowest BCUT2D eigenvalue weighted by Crippen LogP contribution is -2.08. The lowest BCUT2D eigenvalue weighted by molar-refractivity contribution is 0.198. The molecule has 0 radical (unpaired) electrons. The van der Waals surface area contributed by atoms with E-state index < -0.39 is 11.9 Å². The minimum atomic E-state index is -0.832. The minimum Gasteiger partial charge on any atom is -0.389 e. The van der Waals surface area contributed by atoms with Crippen molar-refractivity contribution in [3.63, 3.8) is 0 Å². The summed E-state index contributed by atoms with van der Waals surface area (Å²) >= 11 is 0. The first-order chi connectivity index (χ1) is 10.2. The Morgan fingerprint density at radius 2 is 1.86 bits per heavy atom. The van der Waals surface area contributed by atoms with Crippen LogP contribution in [-0.2, 0) is 0 Å². The molecule has 0 bridgehead atoms. The van der Waals surface area contributed by atoms with Crippen LogP contribution in [0.4, 0.5) is 4.39 Å². The number of halogens is 1. The van der Waals surface area contributed by atoms with Crippen LogP contribution in [0.5, 0.6) is 0 Å². The second kappa shape index (κ2) is 5.41. The highest BCUT2D eigenvalue weighted by Gasteiger charge is 2.17. The highest BCUT2D eigenvalue weighted by atomic mass is 19.1. The molecule has 1 aromatic heterocycles. The van der Waals surface area contributed by atoms with E-state index in [4.69, 9.17) is 0 Å². The van der Waals surface area contributed by atoms with Crippen molar-refractivity contribution in [3.8, 4) is 17.1 Å². The molecule has 0 aliphatic rings. The number of tetrazole rings is 1. The molecule has 3 aromatic rings. The third-order valence-corrected chi connectivity index (χ3v) is 3.11. The Morgan fingerprint density at radius 3 is 2.57 bits per heavy atom. The van der Waals surface area contributed by atoms with Crippen LogP contribution in [0.3, 0.4) is 0 Å². The SMILES string of the molecule is C[C@H](O)c1cccc(F)c1-n1nnc(-c2ccccc2)n1. The number of nitrogens with zero attached hydrogens (tertiary/aromatic N) is 4. The predicted octanol–water partition coefficient (Wildman–Crippen LogP) is 2.52. The molecule has 0 aliphatic carbocycles. The summed E-state index contributed by atoms with van der Waals surface area (Å²) in [6.45, 7) is 1.56. The molecule has 1 heterocycles.